The summed E-state index contributed by atoms with van der Waals surface area (Å²) in [5, 5.41) is 16.5. The van der Waals surface area contributed by atoms with Crippen LogP contribution in [0.4, 0.5) is 16.6 Å². The molecule has 0 radical (unpaired) electrons. The van der Waals surface area contributed by atoms with Gasteiger partial charge in [0.2, 0.25) is 5.13 Å². The topological polar surface area (TPSA) is 96.0 Å². The van der Waals surface area contributed by atoms with Gasteiger partial charge in [0, 0.05) is 35.8 Å². The van der Waals surface area contributed by atoms with Gasteiger partial charge in [0.1, 0.15) is 11.6 Å². The molecule has 0 spiro atoms. The number of aromatic nitrogens is 1. The third-order valence-electron chi connectivity index (χ3n) is 3.28. The normalized spacial score (nSPS) is 15.4. The number of nitrogen functional groups attached to an aromatic ring is 1. The van der Waals surface area contributed by atoms with Gasteiger partial charge in [-0.15, -0.1) is 11.3 Å². The Kier molecular flexibility index (Phi) is 4.40. The molecule has 0 aliphatic carbocycles. The van der Waals surface area contributed by atoms with Crippen molar-refractivity contribution in [2.75, 3.05) is 42.4 Å². The van der Waals surface area contributed by atoms with Gasteiger partial charge < -0.3 is 20.5 Å². The second kappa shape index (κ2) is 6.63. The molecule has 0 bridgehead atoms. The Labute approximate surface area is 132 Å². The number of hydrazone groups is 1. The van der Waals surface area contributed by atoms with Gasteiger partial charge >= 0.3 is 0 Å². The first-order chi connectivity index (χ1) is 10.7. The fraction of sp³-hybridized carbons (Fsp3) is 0.286. The van der Waals surface area contributed by atoms with Crippen LogP contribution in [0.3, 0.4) is 0 Å². The van der Waals surface area contributed by atoms with Gasteiger partial charge in [-0.3, -0.25) is 5.43 Å². The van der Waals surface area contributed by atoms with Crippen LogP contribution in [0.1, 0.15) is 5.56 Å². The molecule has 8 heteroatoms. The van der Waals surface area contributed by atoms with E-state index in [0.29, 0.717) is 29.7 Å². The zero-order valence-electron chi connectivity index (χ0n) is 11.9. The maximum Gasteiger partial charge on any atom is 0.205 e. The van der Waals surface area contributed by atoms with Crippen LogP contribution in [-0.4, -0.2) is 42.6 Å². The summed E-state index contributed by atoms with van der Waals surface area (Å²) in [5.74, 6) is 0.647. The van der Waals surface area contributed by atoms with Crippen LogP contribution in [0.2, 0.25) is 0 Å². The number of aromatic hydroxyl groups is 1. The van der Waals surface area contributed by atoms with Crippen LogP contribution >= 0.6 is 11.3 Å². The lowest BCUT2D eigenvalue weighted by Gasteiger charge is -2.29. The maximum atomic E-state index is 10.1. The molecule has 2 aromatic rings. The van der Waals surface area contributed by atoms with Crippen molar-refractivity contribution in [2.45, 2.75) is 0 Å². The summed E-state index contributed by atoms with van der Waals surface area (Å²) >= 11 is 1.37. The van der Waals surface area contributed by atoms with E-state index >= 15 is 0 Å². The van der Waals surface area contributed by atoms with Crippen molar-refractivity contribution in [3.05, 3.63) is 29.1 Å². The fourth-order valence-electron chi connectivity index (χ4n) is 2.15. The summed E-state index contributed by atoms with van der Waals surface area (Å²) < 4.78 is 5.32. The minimum Gasteiger partial charge on any atom is -0.507 e. The van der Waals surface area contributed by atoms with Gasteiger partial charge in [-0.1, -0.05) is 0 Å². The zero-order valence-corrected chi connectivity index (χ0v) is 12.7. The highest BCUT2D eigenvalue weighted by atomic mass is 32.1. The number of morpholine rings is 1. The first kappa shape index (κ1) is 14.6. The average molecular weight is 319 g/mol. The Balaban J connectivity index is 1.66. The maximum absolute atomic E-state index is 10.1. The van der Waals surface area contributed by atoms with E-state index in [1.54, 1.807) is 17.7 Å². The fourth-order valence-corrected chi connectivity index (χ4v) is 2.70. The SMILES string of the molecule is Nc1csc(NN=Cc2ccc(N3CCOCC3)cc2O)n1. The van der Waals surface area contributed by atoms with Crippen molar-refractivity contribution in [1.82, 2.24) is 4.98 Å². The van der Waals surface area contributed by atoms with Gasteiger partial charge in [0.25, 0.3) is 0 Å². The van der Waals surface area contributed by atoms with Crippen molar-refractivity contribution in [1.29, 1.82) is 0 Å². The Morgan fingerprint density at radius 2 is 2.23 bits per heavy atom. The number of phenolic OH excluding ortho intramolecular Hbond substituents is 1. The molecule has 1 aromatic carbocycles. The summed E-state index contributed by atoms with van der Waals surface area (Å²) in [6.07, 6.45) is 1.55. The van der Waals surface area contributed by atoms with Crippen LogP contribution < -0.4 is 16.1 Å². The number of hydrogen-bond acceptors (Lipinski definition) is 8. The highest BCUT2D eigenvalue weighted by molar-refractivity contribution is 7.14. The van der Waals surface area contributed by atoms with E-state index in [-0.39, 0.29) is 5.75 Å². The van der Waals surface area contributed by atoms with Gasteiger partial charge in [0.15, 0.2) is 0 Å². The van der Waals surface area contributed by atoms with Crippen molar-refractivity contribution < 1.29 is 9.84 Å². The van der Waals surface area contributed by atoms with E-state index in [0.717, 1.165) is 18.8 Å². The molecule has 1 aliphatic heterocycles. The summed E-state index contributed by atoms with van der Waals surface area (Å²) in [6.45, 7) is 3.09. The van der Waals surface area contributed by atoms with E-state index < -0.39 is 0 Å². The van der Waals surface area contributed by atoms with Crippen molar-refractivity contribution >= 4 is 34.2 Å². The molecule has 0 unspecified atom stereocenters. The highest BCUT2D eigenvalue weighted by Crippen LogP contribution is 2.24. The van der Waals surface area contributed by atoms with Crippen molar-refractivity contribution in [3.63, 3.8) is 0 Å². The molecule has 7 nitrogen and oxygen atoms in total. The molecule has 0 amide bonds. The molecule has 1 fully saturated rings. The molecular formula is C14H17N5O2S. The lowest BCUT2D eigenvalue weighted by atomic mass is 10.2. The predicted molar refractivity (Wildman–Crippen MR) is 88.9 cm³/mol. The minimum atomic E-state index is 0.188. The second-order valence-electron chi connectivity index (χ2n) is 4.79. The van der Waals surface area contributed by atoms with E-state index in [1.807, 2.05) is 12.1 Å². The van der Waals surface area contributed by atoms with Crippen molar-refractivity contribution in [2.24, 2.45) is 5.10 Å². The number of rotatable bonds is 4. The molecule has 2 heterocycles. The Bertz CT molecular complexity index is 667. The molecule has 0 atom stereocenters. The standard InChI is InChI=1S/C14H17N5O2S/c15-13-9-22-14(17-13)18-16-8-10-1-2-11(7-12(10)20)19-3-5-21-6-4-19/h1-2,7-9,20H,3-6,15H2,(H,17,18). The Morgan fingerprint density at radius 1 is 1.41 bits per heavy atom. The minimum absolute atomic E-state index is 0.188. The van der Waals surface area contributed by atoms with Crippen LogP contribution in [0.15, 0.2) is 28.7 Å². The van der Waals surface area contributed by atoms with Crippen LogP contribution in [0.25, 0.3) is 0 Å². The molecule has 0 saturated carbocycles. The predicted octanol–water partition coefficient (Wildman–Crippen LogP) is 1.71. The number of nitrogens with zero attached hydrogens (tertiary/aromatic N) is 3. The van der Waals surface area contributed by atoms with Crippen LogP contribution in [-0.2, 0) is 4.74 Å². The van der Waals surface area contributed by atoms with Crippen LogP contribution in [0.5, 0.6) is 5.75 Å². The van der Waals surface area contributed by atoms with Gasteiger partial charge in [-0.25, -0.2) is 4.98 Å². The quantitative estimate of drug-likeness (QED) is 0.586. The number of benzene rings is 1. The highest BCUT2D eigenvalue weighted by Gasteiger charge is 2.12. The largest absolute Gasteiger partial charge is 0.507 e. The average Bonchev–Trinajstić information content (AvgIpc) is 2.95. The van der Waals surface area contributed by atoms with E-state index in [1.165, 1.54) is 11.3 Å². The Morgan fingerprint density at radius 3 is 2.91 bits per heavy atom. The van der Waals surface area contributed by atoms with E-state index in [2.05, 4.69) is 20.4 Å². The van der Waals surface area contributed by atoms with Gasteiger partial charge in [-0.2, -0.15) is 5.10 Å². The molecule has 1 aromatic heterocycles. The number of ether oxygens (including phenoxy) is 1. The van der Waals surface area contributed by atoms with Gasteiger partial charge in [0.05, 0.1) is 19.4 Å². The first-order valence-corrected chi connectivity index (χ1v) is 7.76. The van der Waals surface area contributed by atoms with E-state index in [4.69, 9.17) is 10.5 Å². The summed E-state index contributed by atoms with van der Waals surface area (Å²) in [5.41, 5.74) is 9.92. The molecule has 4 N–H and O–H groups in total. The van der Waals surface area contributed by atoms with Crippen LogP contribution in [0, 0.1) is 0 Å². The third-order valence-corrected chi connectivity index (χ3v) is 4.04. The van der Waals surface area contributed by atoms with E-state index in [9.17, 15) is 5.11 Å². The van der Waals surface area contributed by atoms with Crippen molar-refractivity contribution in [3.8, 4) is 5.75 Å². The number of nitrogens with two attached hydrogens (primary N) is 1. The molecule has 3 rings (SSSR count). The number of nitrogens with one attached hydrogen (secondary N) is 1. The number of anilines is 3. The molecule has 1 aliphatic rings. The first-order valence-electron chi connectivity index (χ1n) is 6.88. The number of thiazole rings is 1. The lowest BCUT2D eigenvalue weighted by Crippen LogP contribution is -2.36. The number of hydrogen-bond donors (Lipinski definition) is 3. The molecule has 22 heavy (non-hydrogen) atoms. The zero-order chi connectivity index (χ0) is 15.4. The molecular weight excluding hydrogens is 302 g/mol. The summed E-state index contributed by atoms with van der Waals surface area (Å²) in [4.78, 5) is 6.21. The smallest absolute Gasteiger partial charge is 0.205 e. The van der Waals surface area contributed by atoms with Gasteiger partial charge in [-0.05, 0) is 12.1 Å². The molecule has 1 saturated heterocycles. The summed E-state index contributed by atoms with van der Waals surface area (Å²) in [7, 11) is 0. The summed E-state index contributed by atoms with van der Waals surface area (Å²) in [6, 6.07) is 5.54. The number of phenols is 1. The third kappa shape index (κ3) is 3.46. The monoisotopic (exact) mass is 319 g/mol. The Hall–Kier alpha value is -2.32. The lowest BCUT2D eigenvalue weighted by molar-refractivity contribution is 0.122. The molecule has 116 valence electrons. The second-order valence-corrected chi connectivity index (χ2v) is 5.65.